The van der Waals surface area contributed by atoms with Gasteiger partial charge in [-0.3, -0.25) is 4.79 Å². The van der Waals surface area contributed by atoms with Crippen molar-refractivity contribution in [3.63, 3.8) is 0 Å². The second-order valence-corrected chi connectivity index (χ2v) is 7.96. The number of aromatic nitrogens is 1. The van der Waals surface area contributed by atoms with Gasteiger partial charge in [0.2, 0.25) is 5.91 Å². The van der Waals surface area contributed by atoms with Crippen molar-refractivity contribution in [1.82, 2.24) is 5.16 Å². The third-order valence-corrected chi connectivity index (χ3v) is 5.77. The van der Waals surface area contributed by atoms with Gasteiger partial charge in [-0.1, -0.05) is 22.9 Å². The largest absolute Gasteiger partial charge is 0.493 e. The molecule has 1 heterocycles. The average molecular weight is 406 g/mol. The lowest BCUT2D eigenvalue weighted by Crippen LogP contribution is -2.28. The highest BCUT2D eigenvalue weighted by Gasteiger charge is 2.54. The van der Waals surface area contributed by atoms with E-state index >= 15 is 0 Å². The van der Waals surface area contributed by atoms with Crippen molar-refractivity contribution in [2.75, 3.05) is 19.5 Å². The molecule has 3 aromatic rings. The van der Waals surface area contributed by atoms with E-state index in [0.29, 0.717) is 23.0 Å². The molecule has 1 aliphatic rings. The van der Waals surface area contributed by atoms with Gasteiger partial charge in [0, 0.05) is 17.3 Å². The second-order valence-electron chi connectivity index (χ2n) is 7.96. The number of hydrogen-bond donors (Lipinski definition) is 1. The van der Waals surface area contributed by atoms with Crippen molar-refractivity contribution in [2.24, 2.45) is 0 Å². The Morgan fingerprint density at radius 1 is 1.00 bits per heavy atom. The summed E-state index contributed by atoms with van der Waals surface area (Å²) in [5, 5.41) is 7.37. The van der Waals surface area contributed by atoms with Crippen LogP contribution in [0.2, 0.25) is 0 Å². The van der Waals surface area contributed by atoms with E-state index in [-0.39, 0.29) is 5.91 Å². The molecular formula is C24H26N2O4. The number of nitrogens with one attached hydrogen (secondary N) is 1. The lowest BCUT2D eigenvalue weighted by molar-refractivity contribution is -0.118. The maximum absolute atomic E-state index is 13.2. The van der Waals surface area contributed by atoms with Gasteiger partial charge in [0.05, 0.1) is 25.3 Å². The minimum Gasteiger partial charge on any atom is -0.493 e. The Hall–Kier alpha value is -3.28. The molecule has 1 aliphatic carbocycles. The number of benzene rings is 2. The van der Waals surface area contributed by atoms with Crippen molar-refractivity contribution in [3.8, 4) is 22.8 Å². The molecule has 0 bridgehead atoms. The van der Waals surface area contributed by atoms with Crippen LogP contribution in [0.25, 0.3) is 11.3 Å². The summed E-state index contributed by atoms with van der Waals surface area (Å²) >= 11 is 0. The highest BCUT2D eigenvalue weighted by atomic mass is 16.5. The van der Waals surface area contributed by atoms with Crippen molar-refractivity contribution >= 4 is 11.6 Å². The predicted molar refractivity (Wildman–Crippen MR) is 115 cm³/mol. The summed E-state index contributed by atoms with van der Waals surface area (Å²) in [4.78, 5) is 13.2. The fourth-order valence-electron chi connectivity index (χ4n) is 3.96. The molecular weight excluding hydrogens is 380 g/mol. The number of aryl methyl sites for hydroxylation is 3. The molecule has 6 nitrogen and oxygen atoms in total. The van der Waals surface area contributed by atoms with Crippen LogP contribution in [0.3, 0.4) is 0 Å². The molecule has 1 fully saturated rings. The Labute approximate surface area is 176 Å². The Morgan fingerprint density at radius 3 is 2.27 bits per heavy atom. The smallest absolute Gasteiger partial charge is 0.236 e. The quantitative estimate of drug-likeness (QED) is 0.627. The van der Waals surface area contributed by atoms with E-state index in [1.165, 1.54) is 5.56 Å². The topological polar surface area (TPSA) is 73.6 Å². The Balaban J connectivity index is 1.60. The molecule has 156 valence electrons. The van der Waals surface area contributed by atoms with Gasteiger partial charge in [-0.05, 0) is 62.9 Å². The zero-order chi connectivity index (χ0) is 21.5. The maximum atomic E-state index is 13.2. The monoisotopic (exact) mass is 406 g/mol. The number of methoxy groups -OCH3 is 2. The van der Waals surface area contributed by atoms with Gasteiger partial charge in [0.1, 0.15) is 0 Å². The molecule has 1 saturated carbocycles. The standard InChI is InChI=1S/C24H26N2O4/c1-14-10-15(2)22(16(3)11-14)25-23(27)24(8-9-24)21-13-19(30-26-21)17-6-7-18(28-4)20(12-17)29-5/h6-7,10-13H,8-9H2,1-5H3,(H,25,27). The first-order valence-corrected chi connectivity index (χ1v) is 9.97. The third-order valence-electron chi connectivity index (χ3n) is 5.77. The summed E-state index contributed by atoms with van der Waals surface area (Å²) in [6, 6.07) is 11.5. The van der Waals surface area contributed by atoms with Crippen molar-refractivity contribution in [2.45, 2.75) is 39.0 Å². The first-order chi connectivity index (χ1) is 14.4. The number of amides is 1. The number of carbonyl (C=O) groups is 1. The van der Waals surface area contributed by atoms with Crippen molar-refractivity contribution < 1.29 is 18.8 Å². The maximum Gasteiger partial charge on any atom is 0.236 e. The van der Waals surface area contributed by atoms with Crippen LogP contribution in [0, 0.1) is 20.8 Å². The van der Waals surface area contributed by atoms with E-state index in [0.717, 1.165) is 35.2 Å². The number of anilines is 1. The zero-order valence-corrected chi connectivity index (χ0v) is 18.0. The van der Waals surface area contributed by atoms with Crippen molar-refractivity contribution in [1.29, 1.82) is 0 Å². The lowest BCUT2D eigenvalue weighted by atomic mass is 9.98. The van der Waals surface area contributed by atoms with Crippen molar-refractivity contribution in [3.05, 3.63) is 58.8 Å². The Kier molecular flexibility index (Phi) is 5.02. The highest BCUT2D eigenvalue weighted by Crippen LogP contribution is 2.49. The number of hydrogen-bond acceptors (Lipinski definition) is 5. The van der Waals surface area contributed by atoms with Gasteiger partial charge in [-0.15, -0.1) is 0 Å². The molecule has 1 aromatic heterocycles. The van der Waals surface area contributed by atoms with E-state index in [2.05, 4.69) is 29.5 Å². The molecule has 0 spiro atoms. The number of nitrogens with zero attached hydrogens (tertiary/aromatic N) is 1. The molecule has 1 amide bonds. The molecule has 0 saturated heterocycles. The van der Waals surface area contributed by atoms with Crippen LogP contribution >= 0.6 is 0 Å². The molecule has 0 unspecified atom stereocenters. The minimum absolute atomic E-state index is 0.0373. The van der Waals surface area contributed by atoms with E-state index in [1.807, 2.05) is 38.1 Å². The van der Waals surface area contributed by atoms with Gasteiger partial charge in [-0.25, -0.2) is 0 Å². The first-order valence-electron chi connectivity index (χ1n) is 9.97. The van der Waals surface area contributed by atoms with Crippen LogP contribution in [0.4, 0.5) is 5.69 Å². The predicted octanol–water partition coefficient (Wildman–Crippen LogP) is 4.95. The minimum atomic E-state index is -0.637. The van der Waals surface area contributed by atoms with Crippen LogP contribution in [-0.2, 0) is 10.2 Å². The molecule has 0 radical (unpaired) electrons. The molecule has 4 rings (SSSR count). The van der Waals surface area contributed by atoms with Gasteiger partial charge < -0.3 is 19.3 Å². The number of ether oxygens (including phenoxy) is 2. The Bertz CT molecular complexity index is 1090. The van der Waals surface area contributed by atoms with Gasteiger partial charge in [0.15, 0.2) is 17.3 Å². The van der Waals surface area contributed by atoms with Crippen LogP contribution < -0.4 is 14.8 Å². The van der Waals surface area contributed by atoms with Gasteiger partial charge >= 0.3 is 0 Å². The number of carbonyl (C=O) groups excluding carboxylic acids is 1. The molecule has 0 aliphatic heterocycles. The summed E-state index contributed by atoms with van der Waals surface area (Å²) < 4.78 is 16.2. The fourth-order valence-corrected chi connectivity index (χ4v) is 3.96. The lowest BCUT2D eigenvalue weighted by Gasteiger charge is -2.16. The van der Waals surface area contributed by atoms with Crippen LogP contribution in [0.15, 0.2) is 40.9 Å². The van der Waals surface area contributed by atoms with E-state index in [4.69, 9.17) is 14.0 Å². The second kappa shape index (κ2) is 7.52. The SMILES string of the molecule is COc1ccc(-c2cc(C3(C(=O)Nc4c(C)cc(C)cc4C)CC3)no2)cc1OC. The summed E-state index contributed by atoms with van der Waals surface area (Å²) in [6.45, 7) is 6.08. The Morgan fingerprint density at radius 2 is 1.67 bits per heavy atom. The summed E-state index contributed by atoms with van der Waals surface area (Å²) in [6.07, 6.45) is 1.50. The molecule has 0 atom stereocenters. The highest BCUT2D eigenvalue weighted by molar-refractivity contribution is 6.02. The molecule has 30 heavy (non-hydrogen) atoms. The number of rotatable bonds is 6. The van der Waals surface area contributed by atoms with E-state index in [9.17, 15) is 4.79 Å². The first kappa shape index (κ1) is 20.0. The molecule has 1 N–H and O–H groups in total. The van der Waals surface area contributed by atoms with Gasteiger partial charge in [0.25, 0.3) is 0 Å². The fraction of sp³-hybridized carbons (Fsp3) is 0.333. The molecule has 6 heteroatoms. The summed E-state index contributed by atoms with van der Waals surface area (Å²) in [5.74, 6) is 1.80. The summed E-state index contributed by atoms with van der Waals surface area (Å²) in [5.41, 5.74) is 5.01. The van der Waals surface area contributed by atoms with Crippen LogP contribution in [-0.4, -0.2) is 25.3 Å². The van der Waals surface area contributed by atoms with Crippen LogP contribution in [0.1, 0.15) is 35.2 Å². The molecule has 2 aromatic carbocycles. The third kappa shape index (κ3) is 3.43. The van der Waals surface area contributed by atoms with Crippen LogP contribution in [0.5, 0.6) is 11.5 Å². The zero-order valence-electron chi connectivity index (χ0n) is 18.0. The van der Waals surface area contributed by atoms with E-state index in [1.54, 1.807) is 14.2 Å². The van der Waals surface area contributed by atoms with E-state index < -0.39 is 5.41 Å². The summed E-state index contributed by atoms with van der Waals surface area (Å²) in [7, 11) is 3.18. The average Bonchev–Trinajstić information content (AvgIpc) is 3.39. The van der Waals surface area contributed by atoms with Gasteiger partial charge in [-0.2, -0.15) is 0 Å². The normalized spacial score (nSPS) is 14.3.